The van der Waals surface area contributed by atoms with Crippen LogP contribution in [0, 0.1) is 0 Å². The van der Waals surface area contributed by atoms with Crippen LogP contribution in [-0.4, -0.2) is 44.3 Å². The van der Waals surface area contributed by atoms with E-state index < -0.39 is 16.3 Å². The second-order valence-corrected chi connectivity index (χ2v) is 5.15. The Bertz CT molecular complexity index is 287. The summed E-state index contributed by atoms with van der Waals surface area (Å²) in [6.45, 7) is 2.52. The van der Waals surface area contributed by atoms with Gasteiger partial charge in [0.25, 0.3) is 0 Å². The van der Waals surface area contributed by atoms with Crippen molar-refractivity contribution in [2.45, 2.75) is 13.3 Å². The Hall–Kier alpha value is -0.340. The van der Waals surface area contributed by atoms with Crippen molar-refractivity contribution in [2.24, 2.45) is 0 Å². The maximum atomic E-state index is 11.6. The summed E-state index contributed by atoms with van der Waals surface area (Å²) in [7, 11) is -2.67. The topological polar surface area (TPSA) is 75.7 Å². The Morgan fingerprint density at radius 1 is 1.47 bits per heavy atom. The predicted octanol–water partition coefficient (Wildman–Crippen LogP) is 0.694. The molecule has 6 nitrogen and oxygen atoms in total. The maximum absolute atomic E-state index is 11.6. The normalized spacial score (nSPS) is 11.5. The summed E-state index contributed by atoms with van der Waals surface area (Å²) >= 11 is 3.15. The van der Waals surface area contributed by atoms with Crippen LogP contribution in [0.5, 0.6) is 0 Å². The molecule has 8 heteroatoms. The first-order valence-electron chi connectivity index (χ1n) is 4.39. The van der Waals surface area contributed by atoms with E-state index in [9.17, 15) is 13.2 Å². The molecular weight excluding hydrogens is 288 g/mol. The molecule has 0 spiro atoms. The molecule has 15 heavy (non-hydrogen) atoms. The van der Waals surface area contributed by atoms with Gasteiger partial charge in [-0.1, -0.05) is 22.9 Å². The van der Waals surface area contributed by atoms with Crippen LogP contribution in [0.1, 0.15) is 13.3 Å². The van der Waals surface area contributed by atoms with Crippen LogP contribution >= 0.6 is 15.9 Å². The zero-order valence-corrected chi connectivity index (χ0v) is 11.1. The van der Waals surface area contributed by atoms with Gasteiger partial charge < -0.3 is 4.74 Å². The Morgan fingerprint density at radius 3 is 2.47 bits per heavy atom. The van der Waals surface area contributed by atoms with Crippen molar-refractivity contribution in [2.75, 3.05) is 25.5 Å². The van der Waals surface area contributed by atoms with Gasteiger partial charge in [0.1, 0.15) is 0 Å². The van der Waals surface area contributed by atoms with Gasteiger partial charge in [0, 0.05) is 18.4 Å². The van der Waals surface area contributed by atoms with Gasteiger partial charge in [-0.05, 0) is 6.42 Å². The SMILES string of the molecule is CCCN(CCBr)S(=O)(=O)NC(=O)OC. The largest absolute Gasteiger partial charge is 0.452 e. The molecule has 0 aromatic rings. The molecule has 0 heterocycles. The van der Waals surface area contributed by atoms with Crippen LogP contribution in [0.15, 0.2) is 0 Å². The Morgan fingerprint density at radius 2 is 2.07 bits per heavy atom. The molecule has 0 fully saturated rings. The van der Waals surface area contributed by atoms with Gasteiger partial charge in [-0.2, -0.15) is 12.7 Å². The van der Waals surface area contributed by atoms with Gasteiger partial charge in [-0.15, -0.1) is 0 Å². The van der Waals surface area contributed by atoms with Crippen molar-refractivity contribution in [3.8, 4) is 0 Å². The number of hydrogen-bond donors (Lipinski definition) is 1. The van der Waals surface area contributed by atoms with Gasteiger partial charge in [0.15, 0.2) is 0 Å². The fourth-order valence-electron chi connectivity index (χ4n) is 0.907. The molecule has 1 amide bonds. The van der Waals surface area contributed by atoms with E-state index in [4.69, 9.17) is 0 Å². The van der Waals surface area contributed by atoms with Gasteiger partial charge in [-0.3, -0.25) is 0 Å². The minimum absolute atomic E-state index is 0.306. The molecule has 0 rings (SSSR count). The highest BCUT2D eigenvalue weighted by Gasteiger charge is 2.22. The van der Waals surface area contributed by atoms with E-state index in [2.05, 4.69) is 20.7 Å². The monoisotopic (exact) mass is 302 g/mol. The highest BCUT2D eigenvalue weighted by molar-refractivity contribution is 9.09. The summed E-state index contributed by atoms with van der Waals surface area (Å²) < 4.78 is 30.3. The summed E-state index contributed by atoms with van der Waals surface area (Å²) in [5, 5.41) is 0.509. The number of carbonyl (C=O) groups excluding carboxylic acids is 1. The number of ether oxygens (including phenoxy) is 1. The highest BCUT2D eigenvalue weighted by atomic mass is 79.9. The van der Waals surface area contributed by atoms with Gasteiger partial charge >= 0.3 is 16.3 Å². The lowest BCUT2D eigenvalue weighted by molar-refractivity contribution is 0.177. The van der Waals surface area contributed by atoms with Crippen molar-refractivity contribution in [1.82, 2.24) is 9.03 Å². The minimum atomic E-state index is -3.78. The smallest absolute Gasteiger partial charge is 0.421 e. The number of rotatable bonds is 6. The number of alkyl halides is 1. The van der Waals surface area contributed by atoms with Crippen molar-refractivity contribution < 1.29 is 17.9 Å². The number of nitrogens with zero attached hydrogens (tertiary/aromatic N) is 1. The molecule has 0 saturated heterocycles. The fraction of sp³-hybridized carbons (Fsp3) is 0.857. The van der Waals surface area contributed by atoms with Crippen LogP contribution in [0.3, 0.4) is 0 Å². The lowest BCUT2D eigenvalue weighted by atomic mass is 10.5. The molecule has 0 aliphatic rings. The molecule has 0 aliphatic heterocycles. The van der Waals surface area contributed by atoms with E-state index in [0.29, 0.717) is 24.8 Å². The van der Waals surface area contributed by atoms with E-state index in [0.717, 1.165) is 7.11 Å². The number of nitrogens with one attached hydrogen (secondary N) is 1. The highest BCUT2D eigenvalue weighted by Crippen LogP contribution is 2.01. The first-order chi connectivity index (χ1) is 6.97. The fourth-order valence-corrected chi connectivity index (χ4v) is 2.75. The lowest BCUT2D eigenvalue weighted by Crippen LogP contribution is -2.44. The first-order valence-corrected chi connectivity index (χ1v) is 6.95. The van der Waals surface area contributed by atoms with Crippen LogP contribution in [0.4, 0.5) is 4.79 Å². The number of carbonyl (C=O) groups is 1. The molecule has 0 unspecified atom stereocenters. The molecule has 0 aromatic carbocycles. The quantitative estimate of drug-likeness (QED) is 0.733. The van der Waals surface area contributed by atoms with E-state index in [1.807, 2.05) is 6.92 Å². The summed E-state index contributed by atoms with van der Waals surface area (Å²) in [6, 6.07) is 0. The van der Waals surface area contributed by atoms with E-state index in [-0.39, 0.29) is 0 Å². The maximum Gasteiger partial charge on any atom is 0.421 e. The third-order valence-corrected chi connectivity index (χ3v) is 3.37. The first kappa shape index (κ1) is 14.7. The average Bonchev–Trinajstić information content (AvgIpc) is 2.16. The summed E-state index contributed by atoms with van der Waals surface area (Å²) in [4.78, 5) is 10.8. The molecule has 1 N–H and O–H groups in total. The molecule has 0 aliphatic carbocycles. The average molecular weight is 303 g/mol. The third kappa shape index (κ3) is 5.33. The predicted molar refractivity (Wildman–Crippen MR) is 60.1 cm³/mol. The van der Waals surface area contributed by atoms with Crippen molar-refractivity contribution in [3.63, 3.8) is 0 Å². The molecule has 0 aromatic heterocycles. The zero-order chi connectivity index (χ0) is 11.9. The van der Waals surface area contributed by atoms with E-state index in [1.165, 1.54) is 4.31 Å². The molecule has 0 bridgehead atoms. The summed E-state index contributed by atoms with van der Waals surface area (Å²) in [5.74, 6) is 0. The number of hydrogen-bond acceptors (Lipinski definition) is 4. The minimum Gasteiger partial charge on any atom is -0.452 e. The van der Waals surface area contributed by atoms with Crippen LogP contribution < -0.4 is 4.72 Å². The Balaban J connectivity index is 4.56. The van der Waals surface area contributed by atoms with Crippen molar-refractivity contribution in [1.29, 1.82) is 0 Å². The van der Waals surface area contributed by atoms with Crippen LogP contribution in [-0.2, 0) is 14.9 Å². The van der Waals surface area contributed by atoms with Crippen LogP contribution in [0.2, 0.25) is 0 Å². The molecule has 90 valence electrons. The second-order valence-electron chi connectivity index (χ2n) is 2.69. The third-order valence-electron chi connectivity index (χ3n) is 1.54. The Kier molecular flexibility index (Phi) is 6.86. The van der Waals surface area contributed by atoms with Crippen LogP contribution in [0.25, 0.3) is 0 Å². The second kappa shape index (κ2) is 7.02. The molecule has 0 saturated carbocycles. The molecule has 0 atom stereocenters. The molecular formula is C7H15BrN2O4S. The van der Waals surface area contributed by atoms with Gasteiger partial charge in [0.05, 0.1) is 7.11 Å². The van der Waals surface area contributed by atoms with Crippen molar-refractivity contribution >= 4 is 32.2 Å². The number of amides is 1. The summed E-state index contributed by atoms with van der Waals surface area (Å²) in [5.41, 5.74) is 0. The summed E-state index contributed by atoms with van der Waals surface area (Å²) in [6.07, 6.45) is -0.305. The lowest BCUT2D eigenvalue weighted by Gasteiger charge is -2.19. The zero-order valence-electron chi connectivity index (χ0n) is 8.69. The number of methoxy groups -OCH3 is 1. The Labute approximate surface area is 98.3 Å². The van der Waals surface area contributed by atoms with E-state index >= 15 is 0 Å². The van der Waals surface area contributed by atoms with Gasteiger partial charge in [0.2, 0.25) is 0 Å². The van der Waals surface area contributed by atoms with Gasteiger partial charge in [-0.25, -0.2) is 9.52 Å². The molecule has 0 radical (unpaired) electrons. The van der Waals surface area contributed by atoms with E-state index in [1.54, 1.807) is 4.72 Å². The van der Waals surface area contributed by atoms with Crippen molar-refractivity contribution in [3.05, 3.63) is 0 Å². The number of halogens is 1. The standard InChI is InChI=1S/C7H15BrN2O4S/c1-3-5-10(6-4-8)15(12,13)9-7(11)14-2/h3-6H2,1-2H3,(H,9,11).